The molecule has 2 amide bonds. The molecule has 2 aliphatic rings. The summed E-state index contributed by atoms with van der Waals surface area (Å²) in [5.41, 5.74) is 0.340. The molecule has 3 rings (SSSR count). The zero-order valence-corrected chi connectivity index (χ0v) is 12.8. The predicted octanol–water partition coefficient (Wildman–Crippen LogP) is 0.0985. The van der Waals surface area contributed by atoms with Gasteiger partial charge in [0.05, 0.1) is 13.2 Å². The van der Waals surface area contributed by atoms with Gasteiger partial charge in [-0.3, -0.25) is 9.59 Å². The molecule has 0 saturated carbocycles. The van der Waals surface area contributed by atoms with Gasteiger partial charge in [-0.1, -0.05) is 6.07 Å². The van der Waals surface area contributed by atoms with Gasteiger partial charge in [0.2, 0.25) is 5.91 Å². The van der Waals surface area contributed by atoms with E-state index in [1.54, 1.807) is 15.9 Å². The maximum absolute atomic E-state index is 13.2. The van der Waals surface area contributed by atoms with E-state index in [-0.39, 0.29) is 17.9 Å². The highest BCUT2D eigenvalue weighted by atomic mass is 19.1. The second kappa shape index (κ2) is 7.06. The first kappa shape index (κ1) is 15.9. The maximum Gasteiger partial charge on any atom is 0.254 e. The molecule has 124 valence electrons. The Morgan fingerprint density at radius 1 is 1.17 bits per heavy atom. The molecule has 2 heterocycles. The molecule has 2 saturated heterocycles. The number of ether oxygens (including phenoxy) is 1. The summed E-state index contributed by atoms with van der Waals surface area (Å²) in [6, 6.07) is 5.38. The van der Waals surface area contributed by atoms with Crippen LogP contribution < -0.4 is 5.32 Å². The van der Waals surface area contributed by atoms with Crippen LogP contribution in [0.4, 0.5) is 4.39 Å². The molecule has 0 spiro atoms. The van der Waals surface area contributed by atoms with E-state index in [1.165, 1.54) is 18.2 Å². The molecule has 6 nitrogen and oxygen atoms in total. The number of nitrogens with zero attached hydrogens (tertiary/aromatic N) is 2. The highest BCUT2D eigenvalue weighted by Crippen LogP contribution is 2.11. The third-order valence-electron chi connectivity index (χ3n) is 4.17. The SMILES string of the molecule is O=C(c1cccc(F)c1)N1CCN(C(=O)C2COCCN2)CC1. The van der Waals surface area contributed by atoms with E-state index in [1.807, 2.05) is 0 Å². The van der Waals surface area contributed by atoms with Crippen LogP contribution in [0.25, 0.3) is 0 Å². The molecule has 7 heteroatoms. The normalized spacial score (nSPS) is 22.0. The Kier molecular flexibility index (Phi) is 4.88. The molecule has 1 aromatic carbocycles. The second-order valence-corrected chi connectivity index (χ2v) is 5.71. The van der Waals surface area contributed by atoms with Crippen LogP contribution >= 0.6 is 0 Å². The predicted molar refractivity (Wildman–Crippen MR) is 81.5 cm³/mol. The lowest BCUT2D eigenvalue weighted by Gasteiger charge is -2.37. The Balaban J connectivity index is 1.55. The Hall–Kier alpha value is -1.99. The Bertz CT molecular complexity index is 582. The highest BCUT2D eigenvalue weighted by molar-refractivity contribution is 5.94. The van der Waals surface area contributed by atoms with E-state index in [2.05, 4.69) is 5.32 Å². The van der Waals surface area contributed by atoms with E-state index in [0.29, 0.717) is 51.5 Å². The van der Waals surface area contributed by atoms with E-state index in [9.17, 15) is 14.0 Å². The summed E-state index contributed by atoms with van der Waals surface area (Å²) >= 11 is 0. The van der Waals surface area contributed by atoms with Gasteiger partial charge >= 0.3 is 0 Å². The van der Waals surface area contributed by atoms with Crippen molar-refractivity contribution in [3.05, 3.63) is 35.6 Å². The monoisotopic (exact) mass is 321 g/mol. The number of benzene rings is 1. The van der Waals surface area contributed by atoms with Crippen molar-refractivity contribution in [3.8, 4) is 0 Å². The quantitative estimate of drug-likeness (QED) is 0.839. The lowest BCUT2D eigenvalue weighted by Crippen LogP contribution is -2.57. The van der Waals surface area contributed by atoms with E-state index < -0.39 is 5.82 Å². The van der Waals surface area contributed by atoms with Crippen LogP contribution in [-0.2, 0) is 9.53 Å². The van der Waals surface area contributed by atoms with E-state index in [4.69, 9.17) is 4.74 Å². The molecular weight excluding hydrogens is 301 g/mol. The molecule has 1 atom stereocenters. The van der Waals surface area contributed by atoms with Crippen LogP contribution in [0.15, 0.2) is 24.3 Å². The van der Waals surface area contributed by atoms with Crippen LogP contribution in [-0.4, -0.2) is 73.6 Å². The van der Waals surface area contributed by atoms with Crippen molar-refractivity contribution < 1.29 is 18.7 Å². The minimum Gasteiger partial charge on any atom is -0.378 e. The van der Waals surface area contributed by atoms with Crippen molar-refractivity contribution in [2.24, 2.45) is 0 Å². The number of rotatable bonds is 2. The number of carbonyl (C=O) groups excluding carboxylic acids is 2. The van der Waals surface area contributed by atoms with Crippen LogP contribution in [0.5, 0.6) is 0 Å². The number of hydrogen-bond acceptors (Lipinski definition) is 4. The van der Waals surface area contributed by atoms with Crippen LogP contribution in [0.2, 0.25) is 0 Å². The molecule has 0 radical (unpaired) electrons. The number of hydrogen-bond donors (Lipinski definition) is 1. The maximum atomic E-state index is 13.2. The molecule has 2 aliphatic heterocycles. The van der Waals surface area contributed by atoms with Gasteiger partial charge in [-0.25, -0.2) is 4.39 Å². The fourth-order valence-corrected chi connectivity index (χ4v) is 2.88. The third kappa shape index (κ3) is 3.68. The number of piperazine rings is 1. The molecule has 1 unspecified atom stereocenters. The first-order valence-electron chi connectivity index (χ1n) is 7.80. The summed E-state index contributed by atoms with van der Waals surface area (Å²) in [6.45, 7) is 3.56. The number of halogens is 1. The summed E-state index contributed by atoms with van der Waals surface area (Å²) in [5, 5.41) is 3.14. The molecule has 0 bridgehead atoms. The Morgan fingerprint density at radius 2 is 1.91 bits per heavy atom. The van der Waals surface area contributed by atoms with Gasteiger partial charge in [0, 0.05) is 38.3 Å². The average molecular weight is 321 g/mol. The summed E-state index contributed by atoms with van der Waals surface area (Å²) < 4.78 is 18.5. The lowest BCUT2D eigenvalue weighted by atomic mass is 10.1. The number of carbonyl (C=O) groups is 2. The lowest BCUT2D eigenvalue weighted by molar-refractivity contribution is -0.137. The Labute approximate surface area is 134 Å². The number of nitrogens with one attached hydrogen (secondary N) is 1. The summed E-state index contributed by atoms with van der Waals surface area (Å²) in [5.74, 6) is -0.605. The van der Waals surface area contributed by atoms with Gasteiger partial charge in [-0.15, -0.1) is 0 Å². The van der Waals surface area contributed by atoms with Crippen LogP contribution in [0, 0.1) is 5.82 Å². The van der Waals surface area contributed by atoms with Crippen LogP contribution in [0.1, 0.15) is 10.4 Å². The first-order valence-corrected chi connectivity index (χ1v) is 7.80. The van der Waals surface area contributed by atoms with E-state index in [0.717, 1.165) is 0 Å². The van der Waals surface area contributed by atoms with Crippen molar-refractivity contribution in [3.63, 3.8) is 0 Å². The topological polar surface area (TPSA) is 61.9 Å². The highest BCUT2D eigenvalue weighted by Gasteiger charge is 2.30. The van der Waals surface area contributed by atoms with Crippen molar-refractivity contribution in [1.82, 2.24) is 15.1 Å². The van der Waals surface area contributed by atoms with Gasteiger partial charge in [0.1, 0.15) is 11.9 Å². The summed E-state index contributed by atoms with van der Waals surface area (Å²) in [7, 11) is 0. The zero-order valence-electron chi connectivity index (χ0n) is 12.8. The fraction of sp³-hybridized carbons (Fsp3) is 0.500. The van der Waals surface area contributed by atoms with Gasteiger partial charge in [0.15, 0.2) is 0 Å². The molecular formula is C16H20FN3O3. The van der Waals surface area contributed by atoms with Crippen LogP contribution in [0.3, 0.4) is 0 Å². The van der Waals surface area contributed by atoms with Crippen molar-refractivity contribution in [2.75, 3.05) is 45.9 Å². The number of amides is 2. The van der Waals surface area contributed by atoms with Gasteiger partial charge < -0.3 is 19.9 Å². The first-order chi connectivity index (χ1) is 11.1. The average Bonchev–Trinajstić information content (AvgIpc) is 2.61. The van der Waals surface area contributed by atoms with Gasteiger partial charge in [-0.05, 0) is 18.2 Å². The van der Waals surface area contributed by atoms with Crippen molar-refractivity contribution in [1.29, 1.82) is 0 Å². The minimum atomic E-state index is -0.423. The second-order valence-electron chi connectivity index (χ2n) is 5.71. The third-order valence-corrected chi connectivity index (χ3v) is 4.17. The molecule has 0 aromatic heterocycles. The zero-order chi connectivity index (χ0) is 16.2. The molecule has 1 N–H and O–H groups in total. The summed E-state index contributed by atoms with van der Waals surface area (Å²) in [4.78, 5) is 28.1. The smallest absolute Gasteiger partial charge is 0.254 e. The largest absolute Gasteiger partial charge is 0.378 e. The Morgan fingerprint density at radius 3 is 2.57 bits per heavy atom. The molecule has 1 aromatic rings. The minimum absolute atomic E-state index is 0.0163. The molecule has 2 fully saturated rings. The molecule has 0 aliphatic carbocycles. The standard InChI is InChI=1S/C16H20FN3O3/c17-13-3-1-2-12(10-13)15(21)19-5-7-20(8-6-19)16(22)14-11-23-9-4-18-14/h1-3,10,14,18H,4-9,11H2. The number of morpholine rings is 1. The summed E-state index contributed by atoms with van der Waals surface area (Å²) in [6.07, 6.45) is 0. The van der Waals surface area contributed by atoms with E-state index >= 15 is 0 Å². The van der Waals surface area contributed by atoms with Crippen molar-refractivity contribution >= 4 is 11.8 Å². The van der Waals surface area contributed by atoms with Crippen molar-refractivity contribution in [2.45, 2.75) is 6.04 Å². The van der Waals surface area contributed by atoms with Gasteiger partial charge in [-0.2, -0.15) is 0 Å². The molecule has 23 heavy (non-hydrogen) atoms. The fourth-order valence-electron chi connectivity index (χ4n) is 2.88. The van der Waals surface area contributed by atoms with Gasteiger partial charge in [0.25, 0.3) is 5.91 Å².